The number of carboxylic acid groups (broad SMARTS) is 1. The number of carbonyl (C=O) groups excluding carboxylic acids is 2. The zero-order valence-electron chi connectivity index (χ0n) is 13.8. The lowest BCUT2D eigenvalue weighted by molar-refractivity contribution is -0.137. The molecule has 1 atom stereocenters. The van der Waals surface area contributed by atoms with Crippen molar-refractivity contribution in [3.8, 4) is 0 Å². The van der Waals surface area contributed by atoms with Gasteiger partial charge in [0, 0.05) is 18.4 Å². The molecule has 0 radical (unpaired) electrons. The molecule has 0 aromatic heterocycles. The van der Waals surface area contributed by atoms with Crippen LogP contribution >= 0.6 is 0 Å². The number of amides is 2. The van der Waals surface area contributed by atoms with Crippen molar-refractivity contribution in [2.75, 3.05) is 6.54 Å². The van der Waals surface area contributed by atoms with Crippen LogP contribution in [-0.2, 0) is 14.4 Å². The summed E-state index contributed by atoms with van der Waals surface area (Å²) < 4.78 is 0. The number of hydrogen-bond donors (Lipinski definition) is 3. The summed E-state index contributed by atoms with van der Waals surface area (Å²) in [6.45, 7) is 5.60. The van der Waals surface area contributed by atoms with E-state index in [9.17, 15) is 14.4 Å². The molecule has 1 aromatic rings. The van der Waals surface area contributed by atoms with Crippen molar-refractivity contribution >= 4 is 17.8 Å². The quantitative estimate of drug-likeness (QED) is 0.714. The van der Waals surface area contributed by atoms with E-state index in [-0.39, 0.29) is 31.2 Å². The fourth-order valence-electron chi connectivity index (χ4n) is 1.93. The van der Waals surface area contributed by atoms with Crippen molar-refractivity contribution in [2.24, 2.45) is 5.41 Å². The summed E-state index contributed by atoms with van der Waals surface area (Å²) in [7, 11) is 0. The molecule has 0 fully saturated rings. The van der Waals surface area contributed by atoms with Gasteiger partial charge in [-0.3, -0.25) is 14.4 Å². The van der Waals surface area contributed by atoms with E-state index in [0.29, 0.717) is 0 Å². The topological polar surface area (TPSA) is 95.5 Å². The first kappa shape index (κ1) is 18.7. The molecule has 1 aromatic carbocycles. The van der Waals surface area contributed by atoms with Crippen LogP contribution in [0.5, 0.6) is 0 Å². The Bertz CT molecular complexity index is 549. The van der Waals surface area contributed by atoms with Crippen LogP contribution in [-0.4, -0.2) is 29.4 Å². The van der Waals surface area contributed by atoms with E-state index in [1.165, 1.54) is 0 Å². The monoisotopic (exact) mass is 320 g/mol. The van der Waals surface area contributed by atoms with Crippen molar-refractivity contribution in [3.63, 3.8) is 0 Å². The van der Waals surface area contributed by atoms with Crippen LogP contribution in [0.15, 0.2) is 30.3 Å². The van der Waals surface area contributed by atoms with Crippen molar-refractivity contribution < 1.29 is 19.5 Å². The minimum Gasteiger partial charge on any atom is -0.481 e. The smallest absolute Gasteiger partial charge is 0.305 e. The van der Waals surface area contributed by atoms with Gasteiger partial charge in [-0.2, -0.15) is 0 Å². The summed E-state index contributed by atoms with van der Waals surface area (Å²) in [5, 5.41) is 14.4. The zero-order valence-corrected chi connectivity index (χ0v) is 13.8. The van der Waals surface area contributed by atoms with Gasteiger partial charge in [0.1, 0.15) is 0 Å². The number of hydrogen-bond acceptors (Lipinski definition) is 3. The highest BCUT2D eigenvalue weighted by Gasteiger charge is 2.21. The highest BCUT2D eigenvalue weighted by molar-refractivity contribution is 5.82. The average molecular weight is 320 g/mol. The Morgan fingerprint density at radius 3 is 2.26 bits per heavy atom. The minimum absolute atomic E-state index is 0.102. The Morgan fingerprint density at radius 2 is 1.74 bits per heavy atom. The van der Waals surface area contributed by atoms with Crippen LogP contribution in [0.4, 0.5) is 0 Å². The number of aliphatic carboxylic acids is 1. The van der Waals surface area contributed by atoms with Crippen LogP contribution in [0, 0.1) is 5.41 Å². The predicted octanol–water partition coefficient (Wildman–Crippen LogP) is 1.87. The van der Waals surface area contributed by atoms with E-state index in [1.807, 2.05) is 6.07 Å². The molecule has 23 heavy (non-hydrogen) atoms. The van der Waals surface area contributed by atoms with Crippen LogP contribution in [0.25, 0.3) is 0 Å². The van der Waals surface area contributed by atoms with E-state index in [1.54, 1.807) is 45.0 Å². The van der Waals surface area contributed by atoms with Gasteiger partial charge in [-0.1, -0.05) is 51.1 Å². The van der Waals surface area contributed by atoms with E-state index in [4.69, 9.17) is 5.11 Å². The van der Waals surface area contributed by atoms with Crippen LogP contribution in [0.2, 0.25) is 0 Å². The Kier molecular flexibility index (Phi) is 6.75. The average Bonchev–Trinajstić information content (AvgIpc) is 2.46. The second kappa shape index (κ2) is 8.31. The molecule has 6 heteroatoms. The predicted molar refractivity (Wildman–Crippen MR) is 86.7 cm³/mol. The number of carbonyl (C=O) groups is 3. The van der Waals surface area contributed by atoms with Gasteiger partial charge < -0.3 is 15.7 Å². The number of carboxylic acids is 1. The Hall–Kier alpha value is -2.37. The van der Waals surface area contributed by atoms with E-state index in [0.717, 1.165) is 5.56 Å². The molecule has 0 saturated carbocycles. The molecule has 0 saturated heterocycles. The molecule has 0 aliphatic rings. The second-order valence-electron chi connectivity index (χ2n) is 6.38. The second-order valence-corrected chi connectivity index (χ2v) is 6.38. The Labute approximate surface area is 136 Å². The maximum absolute atomic E-state index is 12.0. The third kappa shape index (κ3) is 6.95. The summed E-state index contributed by atoms with van der Waals surface area (Å²) in [6, 6.07) is 8.37. The van der Waals surface area contributed by atoms with Gasteiger partial charge in [0.2, 0.25) is 11.8 Å². The summed E-state index contributed by atoms with van der Waals surface area (Å²) in [6.07, 6.45) is -0.0884. The molecule has 0 bridgehead atoms. The molecule has 0 heterocycles. The van der Waals surface area contributed by atoms with Crippen LogP contribution < -0.4 is 10.6 Å². The molecule has 1 rings (SSSR count). The van der Waals surface area contributed by atoms with Crippen molar-refractivity contribution in [2.45, 2.75) is 39.7 Å². The third-order valence-corrected chi connectivity index (χ3v) is 3.23. The molecule has 126 valence electrons. The molecule has 3 N–H and O–H groups in total. The molecule has 2 amide bonds. The fourth-order valence-corrected chi connectivity index (χ4v) is 1.93. The van der Waals surface area contributed by atoms with Crippen molar-refractivity contribution in [1.29, 1.82) is 0 Å². The Morgan fingerprint density at radius 1 is 1.13 bits per heavy atom. The summed E-state index contributed by atoms with van der Waals surface area (Å²) in [5.41, 5.74) is 0.230. The van der Waals surface area contributed by atoms with Gasteiger partial charge >= 0.3 is 5.97 Å². The first-order chi connectivity index (χ1) is 10.7. The van der Waals surface area contributed by atoms with Crippen LogP contribution in [0.3, 0.4) is 0 Å². The van der Waals surface area contributed by atoms with Gasteiger partial charge in [0.25, 0.3) is 0 Å². The normalized spacial score (nSPS) is 12.3. The number of nitrogens with one attached hydrogen (secondary N) is 2. The van der Waals surface area contributed by atoms with E-state index < -0.39 is 17.4 Å². The molecular formula is C17H24N2O4. The standard InChI is InChI=1S/C17H24N2O4/c1-17(2,3)16(23)18-10-9-14(20)19-13(11-15(21)22)12-7-5-4-6-8-12/h4-8,13H,9-11H2,1-3H3,(H,18,23)(H,19,20)(H,21,22). The molecular weight excluding hydrogens is 296 g/mol. The minimum atomic E-state index is -0.986. The Balaban J connectivity index is 2.54. The molecule has 0 aliphatic carbocycles. The van der Waals surface area contributed by atoms with E-state index in [2.05, 4.69) is 10.6 Å². The molecule has 0 spiro atoms. The van der Waals surface area contributed by atoms with Gasteiger partial charge in [0.15, 0.2) is 0 Å². The molecule has 0 aliphatic heterocycles. The largest absolute Gasteiger partial charge is 0.481 e. The van der Waals surface area contributed by atoms with Gasteiger partial charge in [-0.25, -0.2) is 0 Å². The lowest BCUT2D eigenvalue weighted by atomic mass is 9.96. The highest BCUT2D eigenvalue weighted by Crippen LogP contribution is 2.16. The fraction of sp³-hybridized carbons (Fsp3) is 0.471. The molecule has 6 nitrogen and oxygen atoms in total. The SMILES string of the molecule is CC(C)(C)C(=O)NCCC(=O)NC(CC(=O)O)c1ccccc1. The zero-order chi connectivity index (χ0) is 17.5. The van der Waals surface area contributed by atoms with Gasteiger partial charge in [-0.15, -0.1) is 0 Å². The van der Waals surface area contributed by atoms with Gasteiger partial charge in [-0.05, 0) is 5.56 Å². The lowest BCUT2D eigenvalue weighted by Gasteiger charge is -2.19. The highest BCUT2D eigenvalue weighted by atomic mass is 16.4. The lowest BCUT2D eigenvalue weighted by Crippen LogP contribution is -2.38. The number of rotatable bonds is 7. The summed E-state index contributed by atoms with van der Waals surface area (Å²) in [5.74, 6) is -1.41. The first-order valence-electron chi connectivity index (χ1n) is 7.54. The summed E-state index contributed by atoms with van der Waals surface area (Å²) in [4.78, 5) is 34.7. The first-order valence-corrected chi connectivity index (χ1v) is 7.54. The maximum atomic E-state index is 12.0. The van der Waals surface area contributed by atoms with Crippen molar-refractivity contribution in [3.05, 3.63) is 35.9 Å². The van der Waals surface area contributed by atoms with Crippen LogP contribution in [0.1, 0.15) is 45.2 Å². The number of benzene rings is 1. The van der Waals surface area contributed by atoms with Crippen molar-refractivity contribution in [1.82, 2.24) is 10.6 Å². The molecule has 1 unspecified atom stereocenters. The third-order valence-electron chi connectivity index (χ3n) is 3.23. The van der Waals surface area contributed by atoms with Gasteiger partial charge in [0.05, 0.1) is 12.5 Å². The maximum Gasteiger partial charge on any atom is 0.305 e. The summed E-state index contributed by atoms with van der Waals surface area (Å²) >= 11 is 0. The van der Waals surface area contributed by atoms with E-state index >= 15 is 0 Å².